The normalized spacial score (nSPS) is 15.2. The van der Waals surface area contributed by atoms with Gasteiger partial charge in [0, 0.05) is 18.9 Å². The van der Waals surface area contributed by atoms with Gasteiger partial charge in [-0.2, -0.15) is 5.10 Å². The van der Waals surface area contributed by atoms with Crippen molar-refractivity contribution < 1.29 is 19.1 Å². The van der Waals surface area contributed by atoms with E-state index in [0.29, 0.717) is 25.1 Å². The standard InChI is InChI=1S/C19H24N4O4.ClH/c1-26-17(24)14-27-16-5-2-4-15(12-16)13-21-18(25)19(6-9-20-10-7-19)23-11-3-8-22-23;/h2-5,8,11-12,20H,6-7,9-10,13-14H2,1H3,(H,21,25);1H. The molecule has 0 unspecified atom stereocenters. The van der Waals surface area contributed by atoms with Gasteiger partial charge in [0.1, 0.15) is 11.3 Å². The number of piperidine rings is 1. The van der Waals surface area contributed by atoms with Crippen molar-refractivity contribution in [1.82, 2.24) is 20.4 Å². The number of nitrogens with one attached hydrogen (secondary N) is 2. The summed E-state index contributed by atoms with van der Waals surface area (Å²) in [5, 5.41) is 10.6. The van der Waals surface area contributed by atoms with E-state index in [9.17, 15) is 9.59 Å². The molecule has 3 rings (SSSR count). The van der Waals surface area contributed by atoms with E-state index < -0.39 is 11.5 Å². The summed E-state index contributed by atoms with van der Waals surface area (Å²) in [6, 6.07) is 9.11. The van der Waals surface area contributed by atoms with Crippen LogP contribution in [-0.2, 0) is 26.4 Å². The summed E-state index contributed by atoms with van der Waals surface area (Å²) in [5.41, 5.74) is 0.212. The average molecular weight is 409 g/mol. The van der Waals surface area contributed by atoms with Gasteiger partial charge in [-0.3, -0.25) is 9.48 Å². The predicted molar refractivity (Wildman–Crippen MR) is 105 cm³/mol. The number of amides is 1. The molecule has 0 spiro atoms. The summed E-state index contributed by atoms with van der Waals surface area (Å²) in [6.07, 6.45) is 4.90. The van der Waals surface area contributed by atoms with Crippen LogP contribution >= 0.6 is 12.4 Å². The molecule has 1 aromatic carbocycles. The molecule has 2 heterocycles. The lowest BCUT2D eigenvalue weighted by atomic mass is 9.87. The van der Waals surface area contributed by atoms with Crippen LogP contribution in [0.1, 0.15) is 18.4 Å². The van der Waals surface area contributed by atoms with Crippen molar-refractivity contribution in [3.05, 3.63) is 48.3 Å². The van der Waals surface area contributed by atoms with Gasteiger partial charge in [0.2, 0.25) is 5.91 Å². The lowest BCUT2D eigenvalue weighted by molar-refractivity contribution is -0.142. The number of hydrogen-bond donors (Lipinski definition) is 2. The Balaban J connectivity index is 0.00000280. The number of hydrogen-bond acceptors (Lipinski definition) is 6. The summed E-state index contributed by atoms with van der Waals surface area (Å²) < 4.78 is 11.7. The molecular weight excluding hydrogens is 384 g/mol. The average Bonchev–Trinajstić information content (AvgIpc) is 3.26. The Bertz CT molecular complexity index is 776. The van der Waals surface area contributed by atoms with Crippen molar-refractivity contribution in [3.63, 3.8) is 0 Å². The van der Waals surface area contributed by atoms with Crippen molar-refractivity contribution in [2.45, 2.75) is 24.9 Å². The zero-order chi connectivity index (χ0) is 19.1. The van der Waals surface area contributed by atoms with Gasteiger partial charge in [-0.25, -0.2) is 4.79 Å². The van der Waals surface area contributed by atoms with Crippen LogP contribution in [-0.4, -0.2) is 48.5 Å². The van der Waals surface area contributed by atoms with Crippen LogP contribution in [0, 0.1) is 0 Å². The van der Waals surface area contributed by atoms with Gasteiger partial charge in [-0.1, -0.05) is 12.1 Å². The fourth-order valence-corrected chi connectivity index (χ4v) is 3.22. The molecule has 1 aliphatic heterocycles. The Morgan fingerprint density at radius 2 is 2.07 bits per heavy atom. The fraction of sp³-hybridized carbons (Fsp3) is 0.421. The summed E-state index contributed by atoms with van der Waals surface area (Å²) >= 11 is 0. The molecule has 9 heteroatoms. The second kappa shape index (κ2) is 10.1. The molecule has 28 heavy (non-hydrogen) atoms. The van der Waals surface area contributed by atoms with Crippen molar-refractivity contribution >= 4 is 24.3 Å². The van der Waals surface area contributed by atoms with Crippen LogP contribution < -0.4 is 15.4 Å². The molecule has 1 saturated heterocycles. The van der Waals surface area contributed by atoms with E-state index in [1.807, 2.05) is 24.4 Å². The largest absolute Gasteiger partial charge is 0.482 e. The molecule has 0 aliphatic carbocycles. The highest BCUT2D eigenvalue weighted by Gasteiger charge is 2.41. The minimum atomic E-state index is -0.673. The Morgan fingerprint density at radius 3 is 2.75 bits per heavy atom. The number of carbonyl (C=O) groups excluding carboxylic acids is 2. The number of methoxy groups -OCH3 is 1. The Kier molecular flexibility index (Phi) is 7.83. The van der Waals surface area contributed by atoms with Crippen LogP contribution in [0.4, 0.5) is 0 Å². The molecule has 0 radical (unpaired) electrons. The minimum absolute atomic E-state index is 0. The Morgan fingerprint density at radius 1 is 1.29 bits per heavy atom. The highest BCUT2D eigenvalue weighted by atomic mass is 35.5. The van der Waals surface area contributed by atoms with Crippen molar-refractivity contribution in [3.8, 4) is 5.75 Å². The maximum atomic E-state index is 13.0. The minimum Gasteiger partial charge on any atom is -0.482 e. The summed E-state index contributed by atoms with van der Waals surface area (Å²) in [4.78, 5) is 24.2. The Labute approximate surface area is 170 Å². The number of ether oxygens (including phenoxy) is 2. The molecule has 1 aromatic heterocycles. The van der Waals surface area contributed by atoms with Gasteiger partial charge in [-0.05, 0) is 49.7 Å². The third-order valence-electron chi connectivity index (χ3n) is 4.73. The van der Waals surface area contributed by atoms with E-state index in [0.717, 1.165) is 18.7 Å². The number of halogens is 1. The van der Waals surface area contributed by atoms with Crippen LogP contribution in [0.5, 0.6) is 5.75 Å². The predicted octanol–water partition coefficient (Wildman–Crippen LogP) is 1.25. The molecule has 1 amide bonds. The third-order valence-corrected chi connectivity index (χ3v) is 4.73. The second-order valence-electron chi connectivity index (χ2n) is 6.43. The van der Waals surface area contributed by atoms with E-state index >= 15 is 0 Å². The highest BCUT2D eigenvalue weighted by molar-refractivity contribution is 5.85. The van der Waals surface area contributed by atoms with Crippen LogP contribution in [0.25, 0.3) is 0 Å². The first kappa shape index (κ1) is 21.7. The van der Waals surface area contributed by atoms with Crippen molar-refractivity contribution in [1.29, 1.82) is 0 Å². The molecule has 1 fully saturated rings. The zero-order valence-electron chi connectivity index (χ0n) is 15.7. The SMILES string of the molecule is COC(=O)COc1cccc(CNC(=O)C2(n3cccn3)CCNCC2)c1.Cl. The zero-order valence-corrected chi connectivity index (χ0v) is 16.5. The number of rotatable bonds is 7. The van der Waals surface area contributed by atoms with Gasteiger partial charge < -0.3 is 20.1 Å². The quantitative estimate of drug-likeness (QED) is 0.670. The maximum absolute atomic E-state index is 13.0. The topological polar surface area (TPSA) is 94.5 Å². The summed E-state index contributed by atoms with van der Waals surface area (Å²) in [7, 11) is 1.31. The number of benzene rings is 1. The molecule has 0 bridgehead atoms. The van der Waals surface area contributed by atoms with E-state index in [2.05, 4.69) is 20.5 Å². The molecule has 2 N–H and O–H groups in total. The highest BCUT2D eigenvalue weighted by Crippen LogP contribution is 2.27. The summed E-state index contributed by atoms with van der Waals surface area (Å²) in [6.45, 7) is 1.75. The Hall–Kier alpha value is -2.58. The van der Waals surface area contributed by atoms with Crippen LogP contribution in [0.2, 0.25) is 0 Å². The van der Waals surface area contributed by atoms with Crippen LogP contribution in [0.15, 0.2) is 42.7 Å². The molecule has 8 nitrogen and oxygen atoms in total. The fourth-order valence-electron chi connectivity index (χ4n) is 3.22. The molecule has 2 aromatic rings. The first-order chi connectivity index (χ1) is 13.1. The van der Waals surface area contributed by atoms with E-state index in [-0.39, 0.29) is 24.9 Å². The molecular formula is C19H25ClN4O4. The third kappa shape index (κ3) is 5.02. The maximum Gasteiger partial charge on any atom is 0.343 e. The monoisotopic (exact) mass is 408 g/mol. The number of carbonyl (C=O) groups is 2. The van der Waals surface area contributed by atoms with E-state index in [1.54, 1.807) is 23.0 Å². The van der Waals surface area contributed by atoms with Crippen molar-refractivity contribution in [2.75, 3.05) is 26.8 Å². The first-order valence-corrected chi connectivity index (χ1v) is 8.92. The van der Waals surface area contributed by atoms with Crippen LogP contribution in [0.3, 0.4) is 0 Å². The van der Waals surface area contributed by atoms with Gasteiger partial charge in [0.15, 0.2) is 6.61 Å². The van der Waals surface area contributed by atoms with E-state index in [4.69, 9.17) is 4.74 Å². The molecule has 1 aliphatic rings. The smallest absolute Gasteiger partial charge is 0.343 e. The van der Waals surface area contributed by atoms with Crippen molar-refractivity contribution in [2.24, 2.45) is 0 Å². The second-order valence-corrected chi connectivity index (χ2v) is 6.43. The molecule has 0 saturated carbocycles. The van der Waals surface area contributed by atoms with Gasteiger partial charge in [-0.15, -0.1) is 12.4 Å². The molecule has 0 atom stereocenters. The van der Waals surface area contributed by atoms with Gasteiger partial charge in [0.25, 0.3) is 0 Å². The first-order valence-electron chi connectivity index (χ1n) is 8.92. The van der Waals surface area contributed by atoms with E-state index in [1.165, 1.54) is 7.11 Å². The van der Waals surface area contributed by atoms with Gasteiger partial charge in [0.05, 0.1) is 7.11 Å². The molecule has 152 valence electrons. The number of nitrogens with zero attached hydrogens (tertiary/aromatic N) is 2. The lowest BCUT2D eigenvalue weighted by Crippen LogP contribution is -2.54. The summed E-state index contributed by atoms with van der Waals surface area (Å²) in [5.74, 6) is 0.0603. The lowest BCUT2D eigenvalue weighted by Gasteiger charge is -2.36. The van der Waals surface area contributed by atoms with Gasteiger partial charge >= 0.3 is 5.97 Å². The number of aromatic nitrogens is 2. The number of esters is 1.